The Balaban J connectivity index is 2.53. The van der Waals surface area contributed by atoms with Gasteiger partial charge < -0.3 is 0 Å². The SMILES string of the molecule is Cc1nc(-c2ccncn2)nc(Cl)c1C(C)C. The second-order valence-electron chi connectivity index (χ2n) is 4.09. The van der Waals surface area contributed by atoms with Gasteiger partial charge in [0.05, 0.1) is 0 Å². The van der Waals surface area contributed by atoms with Crippen molar-refractivity contribution in [2.75, 3.05) is 0 Å². The highest BCUT2D eigenvalue weighted by atomic mass is 35.5. The summed E-state index contributed by atoms with van der Waals surface area (Å²) in [5.41, 5.74) is 2.57. The lowest BCUT2D eigenvalue weighted by Gasteiger charge is -2.11. The van der Waals surface area contributed by atoms with E-state index in [1.165, 1.54) is 6.33 Å². The van der Waals surface area contributed by atoms with Crippen molar-refractivity contribution >= 4 is 11.6 Å². The fraction of sp³-hybridized carbons (Fsp3) is 0.333. The lowest BCUT2D eigenvalue weighted by Crippen LogP contribution is -2.02. The van der Waals surface area contributed by atoms with Gasteiger partial charge in [-0.05, 0) is 18.9 Å². The van der Waals surface area contributed by atoms with Crippen LogP contribution in [0.15, 0.2) is 18.6 Å². The zero-order chi connectivity index (χ0) is 12.4. The molecular weight excluding hydrogens is 236 g/mol. The fourth-order valence-electron chi connectivity index (χ4n) is 1.74. The minimum Gasteiger partial charge on any atom is -0.245 e. The van der Waals surface area contributed by atoms with E-state index in [4.69, 9.17) is 11.6 Å². The molecule has 0 N–H and O–H groups in total. The molecule has 0 atom stereocenters. The van der Waals surface area contributed by atoms with Gasteiger partial charge in [0.1, 0.15) is 17.2 Å². The van der Waals surface area contributed by atoms with Gasteiger partial charge in [0, 0.05) is 17.5 Å². The normalized spacial score (nSPS) is 10.9. The van der Waals surface area contributed by atoms with E-state index in [9.17, 15) is 0 Å². The summed E-state index contributed by atoms with van der Waals surface area (Å²) >= 11 is 6.19. The molecule has 2 rings (SSSR count). The predicted molar refractivity (Wildman–Crippen MR) is 66.9 cm³/mol. The summed E-state index contributed by atoms with van der Waals surface area (Å²) in [5, 5.41) is 0.501. The van der Waals surface area contributed by atoms with Crippen molar-refractivity contribution in [3.05, 3.63) is 35.0 Å². The first-order valence-electron chi connectivity index (χ1n) is 5.40. The summed E-state index contributed by atoms with van der Waals surface area (Å²) in [6, 6.07) is 1.76. The van der Waals surface area contributed by atoms with Crippen LogP contribution in [0.4, 0.5) is 0 Å². The molecule has 0 saturated carbocycles. The summed E-state index contributed by atoms with van der Waals surface area (Å²) in [4.78, 5) is 16.7. The first-order chi connectivity index (χ1) is 8.09. The van der Waals surface area contributed by atoms with Gasteiger partial charge in [-0.2, -0.15) is 0 Å². The lowest BCUT2D eigenvalue weighted by atomic mass is 10.0. The van der Waals surface area contributed by atoms with E-state index in [1.54, 1.807) is 12.3 Å². The quantitative estimate of drug-likeness (QED) is 0.767. The zero-order valence-corrected chi connectivity index (χ0v) is 10.7. The molecule has 4 nitrogen and oxygen atoms in total. The molecule has 0 fully saturated rings. The van der Waals surface area contributed by atoms with E-state index in [0.29, 0.717) is 22.6 Å². The number of hydrogen-bond acceptors (Lipinski definition) is 4. The zero-order valence-electron chi connectivity index (χ0n) is 9.98. The minimum absolute atomic E-state index is 0.307. The van der Waals surface area contributed by atoms with Crippen LogP contribution in [-0.4, -0.2) is 19.9 Å². The maximum absolute atomic E-state index is 6.19. The number of nitrogens with zero attached hydrogens (tertiary/aromatic N) is 4. The molecule has 0 aromatic carbocycles. The maximum atomic E-state index is 6.19. The van der Waals surface area contributed by atoms with Crippen molar-refractivity contribution in [1.82, 2.24) is 19.9 Å². The summed E-state index contributed by atoms with van der Waals surface area (Å²) in [5.74, 6) is 0.848. The van der Waals surface area contributed by atoms with Crippen molar-refractivity contribution in [2.24, 2.45) is 0 Å². The number of aryl methyl sites for hydroxylation is 1. The van der Waals surface area contributed by atoms with Crippen LogP contribution >= 0.6 is 11.6 Å². The molecule has 0 amide bonds. The van der Waals surface area contributed by atoms with Crippen LogP contribution in [-0.2, 0) is 0 Å². The predicted octanol–water partition coefficient (Wildman–Crippen LogP) is 3.02. The smallest absolute Gasteiger partial charge is 0.179 e. The molecule has 0 unspecified atom stereocenters. The van der Waals surface area contributed by atoms with Crippen LogP contribution in [0.1, 0.15) is 31.0 Å². The standard InChI is InChI=1S/C12H13ClN4/c1-7(2)10-8(3)16-12(17-11(10)13)9-4-5-14-6-15-9/h4-7H,1-3H3. The molecular formula is C12H13ClN4. The summed E-state index contributed by atoms with van der Waals surface area (Å²) in [6.07, 6.45) is 3.13. The summed E-state index contributed by atoms with van der Waals surface area (Å²) in [7, 11) is 0. The molecule has 0 saturated heterocycles. The number of aromatic nitrogens is 4. The third-order valence-electron chi connectivity index (χ3n) is 2.48. The lowest BCUT2D eigenvalue weighted by molar-refractivity contribution is 0.830. The van der Waals surface area contributed by atoms with E-state index in [1.807, 2.05) is 6.92 Å². The van der Waals surface area contributed by atoms with Gasteiger partial charge in [-0.1, -0.05) is 25.4 Å². The molecule has 2 aromatic rings. The molecule has 0 aliphatic rings. The molecule has 0 bridgehead atoms. The largest absolute Gasteiger partial charge is 0.245 e. The van der Waals surface area contributed by atoms with E-state index >= 15 is 0 Å². The third-order valence-corrected chi connectivity index (χ3v) is 2.77. The molecule has 88 valence electrons. The average molecular weight is 249 g/mol. The minimum atomic E-state index is 0.307. The first kappa shape index (κ1) is 11.9. The Kier molecular flexibility index (Phi) is 3.33. The Morgan fingerprint density at radius 3 is 2.53 bits per heavy atom. The van der Waals surface area contributed by atoms with Crippen molar-refractivity contribution in [2.45, 2.75) is 26.7 Å². The van der Waals surface area contributed by atoms with Crippen LogP contribution in [0, 0.1) is 6.92 Å². The highest BCUT2D eigenvalue weighted by Gasteiger charge is 2.14. The Morgan fingerprint density at radius 1 is 1.24 bits per heavy atom. The van der Waals surface area contributed by atoms with Gasteiger partial charge in [0.2, 0.25) is 0 Å². The van der Waals surface area contributed by atoms with Crippen LogP contribution in [0.3, 0.4) is 0 Å². The number of rotatable bonds is 2. The number of hydrogen-bond donors (Lipinski definition) is 0. The molecule has 0 spiro atoms. The van der Waals surface area contributed by atoms with Crippen molar-refractivity contribution in [3.8, 4) is 11.5 Å². The van der Waals surface area contributed by atoms with Gasteiger partial charge in [0.25, 0.3) is 0 Å². The van der Waals surface area contributed by atoms with E-state index < -0.39 is 0 Å². The number of halogens is 1. The van der Waals surface area contributed by atoms with E-state index in [0.717, 1.165) is 11.3 Å². The first-order valence-corrected chi connectivity index (χ1v) is 5.77. The van der Waals surface area contributed by atoms with Crippen LogP contribution in [0.5, 0.6) is 0 Å². The molecule has 0 aliphatic carbocycles. The van der Waals surface area contributed by atoms with Crippen molar-refractivity contribution in [1.29, 1.82) is 0 Å². The highest BCUT2D eigenvalue weighted by molar-refractivity contribution is 6.30. The molecule has 17 heavy (non-hydrogen) atoms. The highest BCUT2D eigenvalue weighted by Crippen LogP contribution is 2.26. The second-order valence-corrected chi connectivity index (χ2v) is 4.44. The Morgan fingerprint density at radius 2 is 2.00 bits per heavy atom. The maximum Gasteiger partial charge on any atom is 0.179 e. The Labute approximate surface area is 105 Å². The van der Waals surface area contributed by atoms with Gasteiger partial charge in [-0.15, -0.1) is 0 Å². The Hall–Kier alpha value is -1.55. The molecule has 2 aromatic heterocycles. The topological polar surface area (TPSA) is 51.6 Å². The van der Waals surface area contributed by atoms with Crippen molar-refractivity contribution < 1.29 is 0 Å². The molecule has 0 radical (unpaired) electrons. The summed E-state index contributed by atoms with van der Waals surface area (Å²) < 4.78 is 0. The Bertz CT molecular complexity index is 502. The van der Waals surface area contributed by atoms with Gasteiger partial charge in [-0.3, -0.25) is 0 Å². The molecule has 2 heterocycles. The average Bonchev–Trinajstić information content (AvgIpc) is 2.28. The monoisotopic (exact) mass is 248 g/mol. The molecule has 5 heteroatoms. The van der Waals surface area contributed by atoms with E-state index in [2.05, 4.69) is 33.8 Å². The molecule has 0 aliphatic heterocycles. The van der Waals surface area contributed by atoms with Crippen LogP contribution in [0.2, 0.25) is 5.15 Å². The second kappa shape index (κ2) is 4.75. The third kappa shape index (κ3) is 2.42. The van der Waals surface area contributed by atoms with Gasteiger partial charge >= 0.3 is 0 Å². The van der Waals surface area contributed by atoms with E-state index in [-0.39, 0.29) is 0 Å². The van der Waals surface area contributed by atoms with Crippen LogP contribution < -0.4 is 0 Å². The van der Waals surface area contributed by atoms with Crippen LogP contribution in [0.25, 0.3) is 11.5 Å². The fourth-order valence-corrected chi connectivity index (χ4v) is 2.18. The van der Waals surface area contributed by atoms with Gasteiger partial charge in [0.15, 0.2) is 5.82 Å². The summed E-state index contributed by atoms with van der Waals surface area (Å²) in [6.45, 7) is 6.08. The van der Waals surface area contributed by atoms with Crippen molar-refractivity contribution in [3.63, 3.8) is 0 Å². The van der Waals surface area contributed by atoms with Gasteiger partial charge in [-0.25, -0.2) is 19.9 Å².